The van der Waals surface area contributed by atoms with E-state index < -0.39 is 5.97 Å². The van der Waals surface area contributed by atoms with Crippen LogP contribution in [0.2, 0.25) is 4.82 Å². The van der Waals surface area contributed by atoms with Crippen LogP contribution in [0.15, 0.2) is 30.3 Å². The molecule has 0 aliphatic rings. The predicted molar refractivity (Wildman–Crippen MR) is 58.1 cm³/mol. The summed E-state index contributed by atoms with van der Waals surface area (Å²) in [4.78, 5) is 10.9. The van der Waals surface area contributed by atoms with Crippen molar-refractivity contribution in [3.8, 4) is 0 Å². The van der Waals surface area contributed by atoms with E-state index in [0.29, 0.717) is 19.8 Å². The van der Waals surface area contributed by atoms with Crippen LogP contribution in [-0.2, 0) is 4.79 Å². The van der Waals surface area contributed by atoms with Gasteiger partial charge in [-0.1, -0.05) is 0 Å². The molecule has 0 aromatic heterocycles. The Morgan fingerprint density at radius 2 is 2.07 bits per heavy atom. The van der Waals surface area contributed by atoms with Crippen molar-refractivity contribution >= 4 is 25.4 Å². The summed E-state index contributed by atoms with van der Waals surface area (Å²) in [7, 11) is 0. The second kappa shape index (κ2) is 5.84. The Labute approximate surface area is 90.5 Å². The summed E-state index contributed by atoms with van der Waals surface area (Å²) in [5.41, 5.74) is 0. The number of carboxylic acids is 1. The molecule has 1 atom stereocenters. The number of hydrogen-bond donors (Lipinski definition) is 1. The first-order valence-electron chi connectivity index (χ1n) is 4.62. The van der Waals surface area contributed by atoms with Gasteiger partial charge in [0.05, 0.1) is 0 Å². The zero-order chi connectivity index (χ0) is 10.4. The number of hydrogen-bond acceptors (Lipinski definition) is 1. The normalized spacial score (nSPS) is 12.4. The van der Waals surface area contributed by atoms with Crippen LogP contribution in [0.4, 0.5) is 0 Å². The summed E-state index contributed by atoms with van der Waals surface area (Å²) < 4.78 is 1.35. The summed E-state index contributed by atoms with van der Waals surface area (Å²) >= 11 is 0.400. The minimum atomic E-state index is -0.694. The van der Waals surface area contributed by atoms with E-state index in [-0.39, 0.29) is 6.42 Å². The molecule has 0 saturated heterocycles. The van der Waals surface area contributed by atoms with Crippen LogP contribution in [0, 0.1) is 0 Å². The molecule has 0 fully saturated rings. The van der Waals surface area contributed by atoms with Gasteiger partial charge in [0.25, 0.3) is 0 Å². The van der Waals surface area contributed by atoms with E-state index in [1.165, 1.54) is 4.46 Å². The summed E-state index contributed by atoms with van der Waals surface area (Å²) in [6.45, 7) is 2.12. The van der Waals surface area contributed by atoms with Gasteiger partial charge in [0.15, 0.2) is 0 Å². The second-order valence-corrected chi connectivity index (χ2v) is 6.35. The quantitative estimate of drug-likeness (QED) is 0.815. The first-order chi connectivity index (χ1) is 6.68. The Morgan fingerprint density at radius 3 is 2.64 bits per heavy atom. The Kier molecular flexibility index (Phi) is 4.71. The van der Waals surface area contributed by atoms with Crippen LogP contribution in [-0.4, -0.2) is 26.0 Å². The van der Waals surface area contributed by atoms with Crippen molar-refractivity contribution in [3.05, 3.63) is 30.3 Å². The van der Waals surface area contributed by atoms with Gasteiger partial charge in [-0.3, -0.25) is 0 Å². The molecule has 76 valence electrons. The fourth-order valence-electron chi connectivity index (χ4n) is 1.12. The first-order valence-corrected chi connectivity index (χ1v) is 6.46. The van der Waals surface area contributed by atoms with Crippen molar-refractivity contribution in [2.75, 3.05) is 0 Å². The fraction of sp³-hybridized carbons (Fsp3) is 0.364. The van der Waals surface area contributed by atoms with Crippen molar-refractivity contribution in [3.63, 3.8) is 0 Å². The van der Waals surface area contributed by atoms with E-state index in [2.05, 4.69) is 19.1 Å². The molecule has 0 aliphatic carbocycles. The number of benzene rings is 1. The molecule has 14 heavy (non-hydrogen) atoms. The molecule has 1 aromatic carbocycles. The molecule has 1 rings (SSSR count). The third kappa shape index (κ3) is 4.45. The van der Waals surface area contributed by atoms with Gasteiger partial charge in [-0.15, -0.1) is 0 Å². The molecule has 0 amide bonds. The first kappa shape index (κ1) is 11.3. The van der Waals surface area contributed by atoms with Crippen molar-refractivity contribution in [1.82, 2.24) is 0 Å². The summed E-state index contributed by atoms with van der Waals surface area (Å²) in [5.74, 6) is -0.694. The van der Waals surface area contributed by atoms with E-state index in [9.17, 15) is 4.79 Å². The molecule has 0 bridgehead atoms. The topological polar surface area (TPSA) is 37.3 Å². The molecule has 0 saturated carbocycles. The Balaban J connectivity index is 2.34. The zero-order valence-corrected chi connectivity index (χ0v) is 9.86. The molecule has 1 aromatic rings. The van der Waals surface area contributed by atoms with Gasteiger partial charge < -0.3 is 0 Å². The molecule has 0 heterocycles. The van der Waals surface area contributed by atoms with Crippen LogP contribution in [0.3, 0.4) is 0 Å². The van der Waals surface area contributed by atoms with Gasteiger partial charge in [-0.2, -0.15) is 0 Å². The van der Waals surface area contributed by atoms with E-state index >= 15 is 0 Å². The molecule has 1 N–H and O–H groups in total. The molecule has 0 aliphatic heterocycles. The summed E-state index contributed by atoms with van der Waals surface area (Å²) in [6.07, 6.45) is 1.07. The zero-order valence-electron chi connectivity index (χ0n) is 8.14. The van der Waals surface area contributed by atoms with Crippen molar-refractivity contribution in [1.29, 1.82) is 0 Å². The summed E-state index contributed by atoms with van der Waals surface area (Å²) in [6, 6.07) is 10.3. The van der Waals surface area contributed by atoms with E-state index in [0.717, 1.165) is 6.42 Å². The standard InChI is InChI=1S/C11H14O2Se/c1-9(7-8-11(12)13)14-10-5-3-2-4-6-10/h2-6,9H,7-8H2,1H3,(H,12,13)/t9-/m1/s1. The molecule has 0 radical (unpaired) electrons. The molecule has 0 unspecified atom stereocenters. The van der Waals surface area contributed by atoms with E-state index in [4.69, 9.17) is 5.11 Å². The number of carboxylic acid groups (broad SMARTS) is 1. The van der Waals surface area contributed by atoms with Crippen molar-refractivity contribution in [2.45, 2.75) is 24.6 Å². The van der Waals surface area contributed by atoms with Gasteiger partial charge in [0.2, 0.25) is 0 Å². The molecular weight excluding hydrogens is 243 g/mol. The van der Waals surface area contributed by atoms with Gasteiger partial charge in [-0.05, 0) is 0 Å². The van der Waals surface area contributed by atoms with E-state index in [1.807, 2.05) is 18.2 Å². The maximum absolute atomic E-state index is 10.4. The fourth-order valence-corrected chi connectivity index (χ4v) is 3.25. The van der Waals surface area contributed by atoms with Gasteiger partial charge in [0, 0.05) is 0 Å². The van der Waals surface area contributed by atoms with Crippen molar-refractivity contribution in [2.24, 2.45) is 0 Å². The number of aliphatic carboxylic acids is 1. The van der Waals surface area contributed by atoms with Crippen LogP contribution >= 0.6 is 0 Å². The Hall–Kier alpha value is -0.791. The SMILES string of the molecule is C[C@H](CCC(=O)O)[Se]c1ccccc1. The van der Waals surface area contributed by atoms with Gasteiger partial charge in [0.1, 0.15) is 0 Å². The maximum atomic E-state index is 10.4. The molecular formula is C11H14O2Se. The number of carbonyl (C=O) groups is 1. The number of rotatable bonds is 5. The van der Waals surface area contributed by atoms with Crippen LogP contribution in [0.5, 0.6) is 0 Å². The monoisotopic (exact) mass is 258 g/mol. The third-order valence-corrected chi connectivity index (χ3v) is 4.33. The molecule has 0 spiro atoms. The van der Waals surface area contributed by atoms with E-state index in [1.54, 1.807) is 0 Å². The van der Waals surface area contributed by atoms with Crippen LogP contribution in [0.1, 0.15) is 19.8 Å². The predicted octanol–water partition coefficient (Wildman–Crippen LogP) is 1.69. The Bertz CT molecular complexity index is 285. The minimum absolute atomic E-state index is 0.287. The van der Waals surface area contributed by atoms with Crippen LogP contribution in [0.25, 0.3) is 0 Å². The third-order valence-electron chi connectivity index (χ3n) is 1.85. The molecule has 3 heteroatoms. The van der Waals surface area contributed by atoms with Crippen LogP contribution < -0.4 is 4.46 Å². The average molecular weight is 257 g/mol. The molecule has 2 nitrogen and oxygen atoms in total. The average Bonchev–Trinajstić information content (AvgIpc) is 2.16. The second-order valence-electron chi connectivity index (χ2n) is 3.17. The van der Waals surface area contributed by atoms with Crippen molar-refractivity contribution < 1.29 is 9.90 Å². The van der Waals surface area contributed by atoms with Gasteiger partial charge >= 0.3 is 90.2 Å². The Morgan fingerprint density at radius 1 is 1.43 bits per heavy atom. The van der Waals surface area contributed by atoms with Gasteiger partial charge in [-0.25, -0.2) is 0 Å². The summed E-state index contributed by atoms with van der Waals surface area (Å²) in [5, 5.41) is 8.54.